The van der Waals surface area contributed by atoms with E-state index in [-0.39, 0.29) is 30.3 Å². The Morgan fingerprint density at radius 2 is 1.68 bits per heavy atom. The SMILES string of the molecule is Cl.NCCCCCCC(=O)NC1CCN(C(=O)c2ccccc2)CC1. The van der Waals surface area contributed by atoms with E-state index in [9.17, 15) is 9.59 Å². The Hall–Kier alpha value is -1.59. The molecule has 0 radical (unpaired) electrons. The van der Waals surface area contributed by atoms with Gasteiger partial charge in [-0.25, -0.2) is 0 Å². The number of carbonyl (C=O) groups excluding carboxylic acids is 2. The third kappa shape index (κ3) is 7.45. The van der Waals surface area contributed by atoms with Gasteiger partial charge in [-0.15, -0.1) is 12.4 Å². The molecule has 1 aromatic rings. The van der Waals surface area contributed by atoms with Crippen molar-refractivity contribution in [1.82, 2.24) is 10.2 Å². The van der Waals surface area contributed by atoms with Crippen molar-refractivity contribution in [3.05, 3.63) is 35.9 Å². The predicted octanol–water partition coefficient (Wildman–Crippen LogP) is 2.74. The number of nitrogens with zero attached hydrogens (tertiary/aromatic N) is 1. The number of rotatable bonds is 8. The second-order valence-corrected chi connectivity index (χ2v) is 6.45. The summed E-state index contributed by atoms with van der Waals surface area (Å²) in [6.07, 6.45) is 6.38. The summed E-state index contributed by atoms with van der Waals surface area (Å²) >= 11 is 0. The van der Waals surface area contributed by atoms with Crippen molar-refractivity contribution in [1.29, 1.82) is 0 Å². The lowest BCUT2D eigenvalue weighted by molar-refractivity contribution is -0.122. The molecule has 0 bridgehead atoms. The van der Waals surface area contributed by atoms with Gasteiger partial charge in [0, 0.05) is 31.1 Å². The fourth-order valence-corrected chi connectivity index (χ4v) is 3.07. The molecule has 140 valence electrons. The number of piperidine rings is 1. The lowest BCUT2D eigenvalue weighted by atomic mass is 10.0. The number of hydrogen-bond donors (Lipinski definition) is 2. The summed E-state index contributed by atoms with van der Waals surface area (Å²) in [5.74, 6) is 0.218. The first-order chi connectivity index (χ1) is 11.7. The number of amides is 2. The first kappa shape index (κ1) is 21.5. The van der Waals surface area contributed by atoms with Crippen LogP contribution in [0.3, 0.4) is 0 Å². The van der Waals surface area contributed by atoms with Crippen LogP contribution >= 0.6 is 12.4 Å². The van der Waals surface area contributed by atoms with Crippen LogP contribution in [0.25, 0.3) is 0 Å². The minimum atomic E-state index is 0. The van der Waals surface area contributed by atoms with Crippen LogP contribution in [0.2, 0.25) is 0 Å². The summed E-state index contributed by atoms with van der Waals surface area (Å²) in [5, 5.41) is 3.11. The van der Waals surface area contributed by atoms with Crippen LogP contribution in [0, 0.1) is 0 Å². The van der Waals surface area contributed by atoms with Gasteiger partial charge in [-0.05, 0) is 44.4 Å². The Bertz CT molecular complexity index is 517. The van der Waals surface area contributed by atoms with E-state index in [1.165, 1.54) is 0 Å². The molecule has 0 atom stereocenters. The second-order valence-electron chi connectivity index (χ2n) is 6.45. The van der Waals surface area contributed by atoms with Gasteiger partial charge in [0.2, 0.25) is 5.91 Å². The van der Waals surface area contributed by atoms with E-state index in [1.54, 1.807) is 0 Å². The standard InChI is InChI=1S/C19H29N3O2.ClH/c20-13-7-2-1-6-10-18(23)21-17-11-14-22(15-12-17)19(24)16-8-4-3-5-9-16;/h3-5,8-9,17H,1-2,6-7,10-15,20H2,(H,21,23);1H. The molecule has 1 fully saturated rings. The first-order valence-electron chi connectivity index (χ1n) is 9.04. The minimum absolute atomic E-state index is 0. The monoisotopic (exact) mass is 367 g/mol. The molecule has 25 heavy (non-hydrogen) atoms. The fourth-order valence-electron chi connectivity index (χ4n) is 3.07. The van der Waals surface area contributed by atoms with Gasteiger partial charge >= 0.3 is 0 Å². The molecule has 0 aliphatic carbocycles. The zero-order valence-corrected chi connectivity index (χ0v) is 15.6. The topological polar surface area (TPSA) is 75.4 Å². The molecule has 1 saturated heterocycles. The highest BCUT2D eigenvalue weighted by Gasteiger charge is 2.24. The van der Waals surface area contributed by atoms with Crippen LogP contribution in [0.4, 0.5) is 0 Å². The number of nitrogens with one attached hydrogen (secondary N) is 1. The molecular weight excluding hydrogens is 338 g/mol. The highest BCUT2D eigenvalue weighted by molar-refractivity contribution is 5.94. The van der Waals surface area contributed by atoms with E-state index < -0.39 is 0 Å². The van der Waals surface area contributed by atoms with Crippen LogP contribution in [-0.2, 0) is 4.79 Å². The summed E-state index contributed by atoms with van der Waals surface area (Å²) in [4.78, 5) is 26.2. The van der Waals surface area contributed by atoms with E-state index in [0.29, 0.717) is 19.5 Å². The number of halogens is 1. The van der Waals surface area contributed by atoms with Crippen LogP contribution in [0.1, 0.15) is 55.3 Å². The van der Waals surface area contributed by atoms with Crippen molar-refractivity contribution in [2.75, 3.05) is 19.6 Å². The fraction of sp³-hybridized carbons (Fsp3) is 0.579. The molecule has 1 aliphatic heterocycles. The lowest BCUT2D eigenvalue weighted by Crippen LogP contribution is -2.46. The number of unbranched alkanes of at least 4 members (excludes halogenated alkanes) is 3. The lowest BCUT2D eigenvalue weighted by Gasteiger charge is -2.32. The largest absolute Gasteiger partial charge is 0.353 e. The summed E-state index contributed by atoms with van der Waals surface area (Å²) in [5.41, 5.74) is 6.19. The van der Waals surface area contributed by atoms with Gasteiger partial charge in [-0.3, -0.25) is 9.59 Å². The van der Waals surface area contributed by atoms with E-state index in [0.717, 1.165) is 50.6 Å². The zero-order chi connectivity index (χ0) is 17.2. The van der Waals surface area contributed by atoms with Crippen molar-refractivity contribution in [2.45, 2.75) is 51.0 Å². The molecular formula is C19H30ClN3O2. The Balaban J connectivity index is 0.00000312. The van der Waals surface area contributed by atoms with E-state index in [1.807, 2.05) is 35.2 Å². The molecule has 0 spiro atoms. The molecule has 6 heteroatoms. The van der Waals surface area contributed by atoms with E-state index in [4.69, 9.17) is 5.73 Å². The van der Waals surface area contributed by atoms with Crippen molar-refractivity contribution in [2.24, 2.45) is 5.73 Å². The van der Waals surface area contributed by atoms with Gasteiger partial charge < -0.3 is 16.0 Å². The smallest absolute Gasteiger partial charge is 0.253 e. The Morgan fingerprint density at radius 1 is 1.04 bits per heavy atom. The molecule has 0 unspecified atom stereocenters. The third-order valence-corrected chi connectivity index (χ3v) is 4.53. The van der Waals surface area contributed by atoms with Crippen LogP contribution in [-0.4, -0.2) is 42.4 Å². The third-order valence-electron chi connectivity index (χ3n) is 4.53. The molecule has 5 nitrogen and oxygen atoms in total. The van der Waals surface area contributed by atoms with Crippen molar-refractivity contribution >= 4 is 24.2 Å². The van der Waals surface area contributed by atoms with E-state index >= 15 is 0 Å². The van der Waals surface area contributed by atoms with Crippen molar-refractivity contribution in [3.8, 4) is 0 Å². The average Bonchev–Trinajstić information content (AvgIpc) is 2.62. The molecule has 2 amide bonds. The van der Waals surface area contributed by atoms with Crippen LogP contribution in [0.15, 0.2) is 30.3 Å². The van der Waals surface area contributed by atoms with Crippen molar-refractivity contribution in [3.63, 3.8) is 0 Å². The highest BCUT2D eigenvalue weighted by atomic mass is 35.5. The van der Waals surface area contributed by atoms with Crippen LogP contribution in [0.5, 0.6) is 0 Å². The normalized spacial score (nSPS) is 14.7. The molecule has 1 aliphatic rings. The second kappa shape index (κ2) is 11.9. The quantitative estimate of drug-likeness (QED) is 0.693. The van der Waals surface area contributed by atoms with Gasteiger partial charge in [0.05, 0.1) is 0 Å². The molecule has 0 saturated carbocycles. The molecule has 1 aromatic carbocycles. The van der Waals surface area contributed by atoms with Gasteiger partial charge in [-0.1, -0.05) is 31.0 Å². The number of nitrogens with two attached hydrogens (primary N) is 1. The molecule has 3 N–H and O–H groups in total. The van der Waals surface area contributed by atoms with Gasteiger partial charge in [0.1, 0.15) is 0 Å². The van der Waals surface area contributed by atoms with Gasteiger partial charge in [-0.2, -0.15) is 0 Å². The Morgan fingerprint density at radius 3 is 2.32 bits per heavy atom. The Labute approximate surface area is 156 Å². The molecule has 2 rings (SSSR count). The number of likely N-dealkylation sites (tertiary alicyclic amines) is 1. The summed E-state index contributed by atoms with van der Waals surface area (Å²) in [6.45, 7) is 2.14. The zero-order valence-electron chi connectivity index (χ0n) is 14.8. The number of hydrogen-bond acceptors (Lipinski definition) is 3. The maximum absolute atomic E-state index is 12.4. The highest BCUT2D eigenvalue weighted by Crippen LogP contribution is 2.14. The minimum Gasteiger partial charge on any atom is -0.353 e. The maximum atomic E-state index is 12.4. The summed E-state index contributed by atoms with van der Waals surface area (Å²) < 4.78 is 0. The van der Waals surface area contributed by atoms with Crippen LogP contribution < -0.4 is 11.1 Å². The molecule has 0 aromatic heterocycles. The summed E-state index contributed by atoms with van der Waals surface area (Å²) in [7, 11) is 0. The van der Waals surface area contributed by atoms with E-state index in [2.05, 4.69) is 5.32 Å². The summed E-state index contributed by atoms with van der Waals surface area (Å²) in [6, 6.07) is 9.57. The Kier molecular flexibility index (Phi) is 10.2. The van der Waals surface area contributed by atoms with Crippen molar-refractivity contribution < 1.29 is 9.59 Å². The first-order valence-corrected chi connectivity index (χ1v) is 9.04. The predicted molar refractivity (Wildman–Crippen MR) is 103 cm³/mol. The molecule has 1 heterocycles. The number of benzene rings is 1. The maximum Gasteiger partial charge on any atom is 0.253 e. The van der Waals surface area contributed by atoms with Gasteiger partial charge in [0.25, 0.3) is 5.91 Å². The van der Waals surface area contributed by atoms with Gasteiger partial charge in [0.15, 0.2) is 0 Å². The average molecular weight is 368 g/mol. The number of carbonyl (C=O) groups is 2.